The van der Waals surface area contributed by atoms with E-state index >= 15 is 0 Å². The summed E-state index contributed by atoms with van der Waals surface area (Å²) in [6.07, 6.45) is -0.336. The van der Waals surface area contributed by atoms with Crippen molar-refractivity contribution in [1.82, 2.24) is 4.31 Å². The minimum atomic E-state index is -3.99. The van der Waals surface area contributed by atoms with E-state index < -0.39 is 34.5 Å². The molecular weight excluding hydrogens is 399 g/mol. The predicted octanol–water partition coefficient (Wildman–Crippen LogP) is 1.97. The number of nitrogens with zero attached hydrogens (tertiary/aromatic N) is 2. The summed E-state index contributed by atoms with van der Waals surface area (Å²) in [7, 11) is -2.78. The van der Waals surface area contributed by atoms with Gasteiger partial charge in [-0.05, 0) is 49.2 Å². The van der Waals surface area contributed by atoms with Crippen LogP contribution in [0.25, 0.3) is 0 Å². The second-order valence-electron chi connectivity index (χ2n) is 6.72. The van der Waals surface area contributed by atoms with E-state index in [9.17, 15) is 22.4 Å². The van der Waals surface area contributed by atoms with Gasteiger partial charge in [-0.15, -0.1) is 0 Å². The van der Waals surface area contributed by atoms with E-state index in [2.05, 4.69) is 0 Å². The number of carbonyl (C=O) groups excluding carboxylic acids is 2. The largest absolute Gasteiger partial charge is 0.452 e. The molecule has 0 bridgehead atoms. The van der Waals surface area contributed by atoms with E-state index in [4.69, 9.17) is 4.74 Å². The molecule has 7 nitrogen and oxygen atoms in total. The van der Waals surface area contributed by atoms with Crippen LogP contribution in [0.1, 0.15) is 12.5 Å². The number of likely N-dealkylation sites (N-methyl/N-ethyl adjacent to an activating group) is 1. The highest BCUT2D eigenvalue weighted by atomic mass is 32.2. The molecule has 3 rings (SSSR count). The molecule has 1 heterocycles. The van der Waals surface area contributed by atoms with Crippen LogP contribution in [-0.4, -0.2) is 50.8 Å². The number of esters is 1. The summed E-state index contributed by atoms with van der Waals surface area (Å²) in [6.45, 7) is 1.38. The van der Waals surface area contributed by atoms with E-state index in [0.717, 1.165) is 46.2 Å². The van der Waals surface area contributed by atoms with E-state index in [0.29, 0.717) is 6.54 Å². The molecule has 154 valence electrons. The van der Waals surface area contributed by atoms with Gasteiger partial charge in [0, 0.05) is 19.3 Å². The number of halogens is 1. The summed E-state index contributed by atoms with van der Waals surface area (Å²) in [5.41, 5.74) is 1.83. The van der Waals surface area contributed by atoms with Gasteiger partial charge >= 0.3 is 5.97 Å². The normalized spacial score (nSPS) is 14.6. The second kappa shape index (κ2) is 8.30. The van der Waals surface area contributed by atoms with Gasteiger partial charge in [0.1, 0.15) is 12.4 Å². The lowest BCUT2D eigenvalue weighted by Crippen LogP contribution is -2.41. The van der Waals surface area contributed by atoms with Gasteiger partial charge in [0.25, 0.3) is 5.91 Å². The number of carbonyl (C=O) groups is 2. The first kappa shape index (κ1) is 20.9. The van der Waals surface area contributed by atoms with Crippen LogP contribution >= 0.6 is 0 Å². The fourth-order valence-corrected chi connectivity index (χ4v) is 4.24. The summed E-state index contributed by atoms with van der Waals surface area (Å²) in [4.78, 5) is 26.3. The molecule has 0 saturated carbocycles. The molecule has 0 aliphatic carbocycles. The Kier molecular flexibility index (Phi) is 5.99. The van der Waals surface area contributed by atoms with Crippen molar-refractivity contribution in [2.75, 3.05) is 25.0 Å². The molecule has 0 spiro atoms. The van der Waals surface area contributed by atoms with Crippen molar-refractivity contribution in [3.63, 3.8) is 0 Å². The molecule has 0 fully saturated rings. The molecule has 0 N–H and O–H groups in total. The van der Waals surface area contributed by atoms with Crippen LogP contribution in [0.4, 0.5) is 10.1 Å². The first-order chi connectivity index (χ1) is 13.7. The van der Waals surface area contributed by atoms with Gasteiger partial charge in [-0.2, -0.15) is 4.31 Å². The number of hydrogen-bond acceptors (Lipinski definition) is 5. The third kappa shape index (κ3) is 4.46. The molecule has 0 saturated heterocycles. The number of benzene rings is 2. The lowest BCUT2D eigenvalue weighted by atomic mass is 10.2. The number of amides is 1. The number of ether oxygens (including phenoxy) is 1. The standard InChI is InChI=1S/C20H21FN2O5S/c1-14(20(25)23-12-11-15-5-3-4-6-18(15)23)28-19(24)13-22(2)29(26,27)17-9-7-16(21)8-10-17/h3-10,14H,11-13H2,1-2H3. The number of sulfonamides is 1. The first-order valence-electron chi connectivity index (χ1n) is 9.01. The highest BCUT2D eigenvalue weighted by molar-refractivity contribution is 7.89. The van der Waals surface area contributed by atoms with Crippen molar-refractivity contribution in [2.24, 2.45) is 0 Å². The molecule has 2 aromatic carbocycles. The van der Waals surface area contributed by atoms with Gasteiger partial charge in [-0.1, -0.05) is 18.2 Å². The lowest BCUT2D eigenvalue weighted by molar-refractivity contribution is -0.153. The molecule has 1 unspecified atom stereocenters. The van der Waals surface area contributed by atoms with Gasteiger partial charge in [-0.25, -0.2) is 12.8 Å². The van der Waals surface area contributed by atoms with Crippen LogP contribution in [0, 0.1) is 5.82 Å². The predicted molar refractivity (Wildman–Crippen MR) is 104 cm³/mol. The minimum Gasteiger partial charge on any atom is -0.452 e. The number of para-hydroxylation sites is 1. The summed E-state index contributed by atoms with van der Waals surface area (Å²) in [5.74, 6) is -1.79. The lowest BCUT2D eigenvalue weighted by Gasteiger charge is -2.23. The molecule has 2 aromatic rings. The molecule has 1 aliphatic rings. The molecule has 1 atom stereocenters. The van der Waals surface area contributed by atoms with Gasteiger partial charge < -0.3 is 9.64 Å². The van der Waals surface area contributed by atoms with Crippen molar-refractivity contribution in [3.8, 4) is 0 Å². The van der Waals surface area contributed by atoms with E-state index in [1.54, 1.807) is 4.90 Å². The maximum absolute atomic E-state index is 13.0. The van der Waals surface area contributed by atoms with Crippen LogP contribution in [0.15, 0.2) is 53.4 Å². The Labute approximate surface area is 168 Å². The van der Waals surface area contributed by atoms with Crippen LogP contribution < -0.4 is 4.90 Å². The number of anilines is 1. The number of fused-ring (bicyclic) bond motifs is 1. The Morgan fingerprint density at radius 1 is 1.17 bits per heavy atom. The molecule has 29 heavy (non-hydrogen) atoms. The van der Waals surface area contributed by atoms with Gasteiger partial charge in [0.2, 0.25) is 10.0 Å². The molecule has 1 aliphatic heterocycles. The Hall–Kier alpha value is -2.78. The summed E-state index contributed by atoms with van der Waals surface area (Å²) >= 11 is 0. The zero-order valence-corrected chi connectivity index (χ0v) is 16.9. The van der Waals surface area contributed by atoms with Gasteiger partial charge in [-0.3, -0.25) is 9.59 Å². The Balaban J connectivity index is 1.61. The minimum absolute atomic E-state index is 0.146. The maximum Gasteiger partial charge on any atom is 0.322 e. The molecule has 0 aromatic heterocycles. The van der Waals surface area contributed by atoms with Crippen LogP contribution in [-0.2, 0) is 30.8 Å². The number of rotatable bonds is 6. The number of hydrogen-bond donors (Lipinski definition) is 0. The summed E-state index contributed by atoms with van der Waals surface area (Å²) in [5, 5.41) is 0. The SMILES string of the molecule is CC(OC(=O)CN(C)S(=O)(=O)c1ccc(F)cc1)C(=O)N1CCc2ccccc21. The Bertz CT molecular complexity index is 1020. The first-order valence-corrected chi connectivity index (χ1v) is 10.4. The van der Waals surface area contributed by atoms with E-state index in [1.165, 1.54) is 14.0 Å². The van der Waals surface area contributed by atoms with Crippen molar-refractivity contribution in [3.05, 3.63) is 59.9 Å². The van der Waals surface area contributed by atoms with Crippen molar-refractivity contribution in [2.45, 2.75) is 24.3 Å². The molecular formula is C20H21FN2O5S. The molecule has 0 radical (unpaired) electrons. The topological polar surface area (TPSA) is 84.0 Å². The fraction of sp³-hybridized carbons (Fsp3) is 0.300. The van der Waals surface area contributed by atoms with Crippen molar-refractivity contribution >= 4 is 27.6 Å². The third-order valence-corrected chi connectivity index (χ3v) is 6.50. The summed E-state index contributed by atoms with van der Waals surface area (Å²) < 4.78 is 43.9. The summed E-state index contributed by atoms with van der Waals surface area (Å²) in [6, 6.07) is 11.8. The maximum atomic E-state index is 13.0. The van der Waals surface area contributed by atoms with E-state index in [1.807, 2.05) is 24.3 Å². The monoisotopic (exact) mass is 420 g/mol. The Morgan fingerprint density at radius 3 is 2.52 bits per heavy atom. The zero-order chi connectivity index (χ0) is 21.2. The third-order valence-electron chi connectivity index (χ3n) is 4.68. The van der Waals surface area contributed by atoms with Crippen LogP contribution in [0.2, 0.25) is 0 Å². The zero-order valence-electron chi connectivity index (χ0n) is 16.0. The molecule has 9 heteroatoms. The van der Waals surface area contributed by atoms with Crippen LogP contribution in [0.5, 0.6) is 0 Å². The highest BCUT2D eigenvalue weighted by Crippen LogP contribution is 2.28. The molecule has 1 amide bonds. The quantitative estimate of drug-likeness (QED) is 0.667. The second-order valence-corrected chi connectivity index (χ2v) is 8.76. The Morgan fingerprint density at radius 2 is 1.83 bits per heavy atom. The van der Waals surface area contributed by atoms with Crippen molar-refractivity contribution in [1.29, 1.82) is 0 Å². The van der Waals surface area contributed by atoms with Gasteiger partial charge in [0.05, 0.1) is 4.90 Å². The average Bonchev–Trinajstić information content (AvgIpc) is 3.11. The highest BCUT2D eigenvalue weighted by Gasteiger charge is 2.31. The van der Waals surface area contributed by atoms with Crippen molar-refractivity contribution < 1.29 is 27.1 Å². The average molecular weight is 420 g/mol. The van der Waals surface area contributed by atoms with Crippen LogP contribution in [0.3, 0.4) is 0 Å². The smallest absolute Gasteiger partial charge is 0.322 e. The van der Waals surface area contributed by atoms with Gasteiger partial charge in [0.15, 0.2) is 6.10 Å². The van der Waals surface area contributed by atoms with E-state index in [-0.39, 0.29) is 10.8 Å². The fourth-order valence-electron chi connectivity index (χ4n) is 3.12.